The van der Waals surface area contributed by atoms with E-state index in [1.54, 1.807) is 6.07 Å². The van der Waals surface area contributed by atoms with Crippen LogP contribution in [0.4, 0.5) is 4.39 Å². The SMILES string of the molecule is NC[C@@H](N)c1cc(Br)cc(F)c1O. The fourth-order valence-corrected chi connectivity index (χ4v) is 1.44. The molecule has 5 N–H and O–H groups in total. The molecule has 0 aromatic heterocycles. The summed E-state index contributed by atoms with van der Waals surface area (Å²) < 4.78 is 13.5. The van der Waals surface area contributed by atoms with Crippen molar-refractivity contribution < 1.29 is 9.50 Å². The Hall–Kier alpha value is -0.650. The number of phenols is 1. The molecule has 0 saturated carbocycles. The van der Waals surface area contributed by atoms with Gasteiger partial charge in [0.1, 0.15) is 0 Å². The van der Waals surface area contributed by atoms with Crippen molar-refractivity contribution in [2.75, 3.05) is 6.54 Å². The van der Waals surface area contributed by atoms with Crippen molar-refractivity contribution in [3.05, 3.63) is 28.0 Å². The molecule has 0 amide bonds. The van der Waals surface area contributed by atoms with Crippen molar-refractivity contribution in [1.29, 1.82) is 0 Å². The Labute approximate surface area is 83.7 Å². The van der Waals surface area contributed by atoms with Gasteiger partial charge in [-0.1, -0.05) is 15.9 Å². The van der Waals surface area contributed by atoms with Gasteiger partial charge in [-0.05, 0) is 12.1 Å². The highest BCUT2D eigenvalue weighted by Gasteiger charge is 2.13. The Bertz CT molecular complexity index is 319. The molecule has 0 spiro atoms. The summed E-state index contributed by atoms with van der Waals surface area (Å²) in [5, 5.41) is 9.29. The Morgan fingerprint density at radius 2 is 2.15 bits per heavy atom. The summed E-state index contributed by atoms with van der Waals surface area (Å²) in [6.07, 6.45) is 0. The number of hydrogen-bond acceptors (Lipinski definition) is 3. The molecule has 1 aromatic carbocycles. The molecular formula is C8H10BrFN2O. The van der Waals surface area contributed by atoms with E-state index >= 15 is 0 Å². The summed E-state index contributed by atoms with van der Waals surface area (Å²) in [4.78, 5) is 0. The Morgan fingerprint density at radius 1 is 1.54 bits per heavy atom. The number of hydrogen-bond donors (Lipinski definition) is 3. The lowest BCUT2D eigenvalue weighted by atomic mass is 10.1. The zero-order chi connectivity index (χ0) is 10.0. The molecule has 0 bridgehead atoms. The van der Waals surface area contributed by atoms with Gasteiger partial charge in [-0.3, -0.25) is 0 Å². The van der Waals surface area contributed by atoms with Gasteiger partial charge in [0, 0.05) is 22.6 Å². The van der Waals surface area contributed by atoms with Crippen LogP contribution in [0.25, 0.3) is 0 Å². The Kier molecular flexibility index (Phi) is 3.24. The van der Waals surface area contributed by atoms with Crippen molar-refractivity contribution in [3.63, 3.8) is 0 Å². The van der Waals surface area contributed by atoms with E-state index in [1.807, 2.05) is 0 Å². The van der Waals surface area contributed by atoms with E-state index < -0.39 is 17.6 Å². The first-order valence-corrected chi connectivity index (χ1v) is 4.49. The van der Waals surface area contributed by atoms with E-state index in [-0.39, 0.29) is 6.54 Å². The predicted octanol–water partition coefficient (Wildman–Crippen LogP) is 1.25. The van der Waals surface area contributed by atoms with E-state index in [9.17, 15) is 9.50 Å². The fraction of sp³-hybridized carbons (Fsp3) is 0.250. The van der Waals surface area contributed by atoms with E-state index in [1.165, 1.54) is 6.07 Å². The van der Waals surface area contributed by atoms with Gasteiger partial charge in [0.05, 0.1) is 0 Å². The summed E-state index contributed by atoms with van der Waals surface area (Å²) in [7, 11) is 0. The molecule has 3 nitrogen and oxygen atoms in total. The molecule has 13 heavy (non-hydrogen) atoms. The second-order valence-corrected chi connectivity index (χ2v) is 3.58. The molecule has 0 aliphatic carbocycles. The van der Waals surface area contributed by atoms with E-state index in [2.05, 4.69) is 15.9 Å². The second-order valence-electron chi connectivity index (χ2n) is 2.67. The van der Waals surface area contributed by atoms with Gasteiger partial charge in [-0.15, -0.1) is 0 Å². The van der Waals surface area contributed by atoms with E-state index in [0.717, 1.165) is 0 Å². The minimum atomic E-state index is -0.701. The van der Waals surface area contributed by atoms with Crippen LogP contribution in [-0.2, 0) is 0 Å². The third kappa shape index (κ3) is 2.18. The van der Waals surface area contributed by atoms with Gasteiger partial charge >= 0.3 is 0 Å². The highest BCUT2D eigenvalue weighted by atomic mass is 79.9. The maximum atomic E-state index is 13.0. The van der Waals surface area contributed by atoms with Crippen LogP contribution in [0.5, 0.6) is 5.75 Å². The first kappa shape index (κ1) is 10.4. The minimum Gasteiger partial charge on any atom is -0.505 e. The fourth-order valence-electron chi connectivity index (χ4n) is 0.996. The van der Waals surface area contributed by atoms with Crippen LogP contribution >= 0.6 is 15.9 Å². The molecule has 72 valence electrons. The maximum Gasteiger partial charge on any atom is 0.166 e. The molecule has 0 aliphatic rings. The topological polar surface area (TPSA) is 72.3 Å². The molecule has 1 aromatic rings. The van der Waals surface area contributed by atoms with Crippen molar-refractivity contribution in [1.82, 2.24) is 0 Å². The third-order valence-electron chi connectivity index (χ3n) is 1.71. The smallest absolute Gasteiger partial charge is 0.166 e. The second kappa shape index (κ2) is 4.04. The number of benzene rings is 1. The largest absolute Gasteiger partial charge is 0.505 e. The summed E-state index contributed by atoms with van der Waals surface area (Å²) in [5.41, 5.74) is 11.2. The van der Waals surface area contributed by atoms with Crippen LogP contribution in [0.1, 0.15) is 11.6 Å². The summed E-state index contributed by atoms with van der Waals surface area (Å²) in [5.74, 6) is -1.13. The first-order chi connectivity index (χ1) is 6.06. The third-order valence-corrected chi connectivity index (χ3v) is 2.17. The molecule has 1 rings (SSSR count). The number of halogens is 2. The zero-order valence-corrected chi connectivity index (χ0v) is 8.38. The summed E-state index contributed by atoms with van der Waals surface area (Å²) >= 11 is 3.10. The average molecular weight is 249 g/mol. The van der Waals surface area contributed by atoms with Gasteiger partial charge in [-0.2, -0.15) is 0 Å². The summed E-state index contributed by atoms with van der Waals surface area (Å²) in [6, 6.07) is 2.17. The van der Waals surface area contributed by atoms with Crippen LogP contribution in [0.3, 0.4) is 0 Å². The van der Waals surface area contributed by atoms with Crippen molar-refractivity contribution in [2.45, 2.75) is 6.04 Å². The number of aromatic hydroxyl groups is 1. The normalized spacial score (nSPS) is 12.9. The lowest BCUT2D eigenvalue weighted by molar-refractivity contribution is 0.420. The molecule has 5 heteroatoms. The molecule has 0 fully saturated rings. The van der Waals surface area contributed by atoms with Crippen LogP contribution < -0.4 is 11.5 Å². The zero-order valence-electron chi connectivity index (χ0n) is 6.80. The number of rotatable bonds is 2. The number of nitrogens with two attached hydrogens (primary N) is 2. The lowest BCUT2D eigenvalue weighted by Crippen LogP contribution is -2.21. The highest BCUT2D eigenvalue weighted by molar-refractivity contribution is 9.10. The van der Waals surface area contributed by atoms with Crippen molar-refractivity contribution >= 4 is 15.9 Å². The molecule has 0 heterocycles. The van der Waals surface area contributed by atoms with E-state index in [0.29, 0.717) is 10.0 Å². The van der Waals surface area contributed by atoms with Gasteiger partial charge < -0.3 is 16.6 Å². The molecule has 1 atom stereocenters. The summed E-state index contributed by atoms with van der Waals surface area (Å²) in [6.45, 7) is 0.156. The molecular weight excluding hydrogens is 239 g/mol. The van der Waals surface area contributed by atoms with Gasteiger partial charge in [-0.25, -0.2) is 4.39 Å². The van der Waals surface area contributed by atoms with Gasteiger partial charge in [0.15, 0.2) is 11.6 Å². The predicted molar refractivity (Wildman–Crippen MR) is 51.7 cm³/mol. The van der Waals surface area contributed by atoms with Gasteiger partial charge in [0.25, 0.3) is 0 Å². The quantitative estimate of drug-likeness (QED) is 0.738. The number of phenolic OH excluding ortho intramolecular Hbond substituents is 1. The monoisotopic (exact) mass is 248 g/mol. The molecule has 0 aliphatic heterocycles. The minimum absolute atomic E-state index is 0.156. The van der Waals surface area contributed by atoms with E-state index in [4.69, 9.17) is 11.5 Å². The van der Waals surface area contributed by atoms with Gasteiger partial charge in [0.2, 0.25) is 0 Å². The maximum absolute atomic E-state index is 13.0. The molecule has 0 unspecified atom stereocenters. The first-order valence-electron chi connectivity index (χ1n) is 3.69. The molecule has 0 radical (unpaired) electrons. The van der Waals surface area contributed by atoms with Crippen molar-refractivity contribution in [3.8, 4) is 5.75 Å². The Balaban J connectivity index is 3.20. The van der Waals surface area contributed by atoms with Crippen LogP contribution in [0.2, 0.25) is 0 Å². The van der Waals surface area contributed by atoms with Crippen LogP contribution in [0, 0.1) is 5.82 Å². The van der Waals surface area contributed by atoms with Crippen LogP contribution in [-0.4, -0.2) is 11.7 Å². The Morgan fingerprint density at radius 3 is 2.69 bits per heavy atom. The van der Waals surface area contributed by atoms with Crippen molar-refractivity contribution in [2.24, 2.45) is 11.5 Å². The lowest BCUT2D eigenvalue weighted by Gasteiger charge is -2.11. The molecule has 0 saturated heterocycles. The average Bonchev–Trinajstić information content (AvgIpc) is 2.10. The standard InChI is InChI=1S/C8H10BrFN2O/c9-4-1-5(7(12)3-11)8(13)6(10)2-4/h1-2,7,13H,3,11-12H2/t7-/m1/s1. The van der Waals surface area contributed by atoms with Crippen LogP contribution in [0.15, 0.2) is 16.6 Å². The highest BCUT2D eigenvalue weighted by Crippen LogP contribution is 2.29.